The molecule has 0 aliphatic carbocycles. The Morgan fingerprint density at radius 1 is 1.72 bits per heavy atom. The Bertz CT molecular complexity index is 476. The third-order valence-electron chi connectivity index (χ3n) is 2.75. The monoisotopic (exact) mass is 270 g/mol. The quantitative estimate of drug-likeness (QED) is 0.503. The van der Waals surface area contributed by atoms with Crippen LogP contribution in [0.5, 0.6) is 0 Å². The van der Waals surface area contributed by atoms with Crippen LogP contribution in [0.2, 0.25) is 0 Å². The number of aromatic amines is 1. The van der Waals surface area contributed by atoms with Crippen molar-refractivity contribution in [3.63, 3.8) is 0 Å². The molecule has 2 atom stereocenters. The first-order valence-electron chi connectivity index (χ1n) is 5.58. The molecule has 7 heteroatoms. The van der Waals surface area contributed by atoms with Gasteiger partial charge in [0.1, 0.15) is 0 Å². The highest BCUT2D eigenvalue weighted by Crippen LogP contribution is 2.25. The van der Waals surface area contributed by atoms with Gasteiger partial charge in [-0.2, -0.15) is 0 Å². The Hall–Kier alpha value is -1.34. The zero-order valence-electron chi connectivity index (χ0n) is 10.7. The van der Waals surface area contributed by atoms with Gasteiger partial charge < -0.3 is 16.0 Å². The lowest BCUT2D eigenvalue weighted by Gasteiger charge is -2.28. The number of hydrogen-bond acceptors (Lipinski definition) is 5. The molecule has 1 rings (SSSR count). The second kappa shape index (κ2) is 6.01. The summed E-state index contributed by atoms with van der Waals surface area (Å²) < 4.78 is 0. The molecule has 1 aromatic heterocycles. The molecule has 0 spiro atoms. The third-order valence-corrected chi connectivity index (χ3v) is 3.75. The first kappa shape index (κ1) is 14.7. The van der Waals surface area contributed by atoms with E-state index in [9.17, 15) is 9.59 Å². The summed E-state index contributed by atoms with van der Waals surface area (Å²) in [7, 11) is 1.70. The standard InChI is InChI=1S/C11H18N4O2S/c1-7(6-11(2,13-3)9(12)17)18-10-14-5-4-8(16)15-10/h4-5,7,13H,6H2,1-3H3,(H2,12,17)(H,14,15,16). The van der Waals surface area contributed by atoms with Crippen LogP contribution in [-0.4, -0.2) is 33.7 Å². The normalized spacial score (nSPS) is 15.9. The van der Waals surface area contributed by atoms with Crippen molar-refractivity contribution in [2.24, 2.45) is 5.73 Å². The smallest absolute Gasteiger partial charge is 0.251 e. The van der Waals surface area contributed by atoms with Gasteiger partial charge in [0.2, 0.25) is 5.91 Å². The molecule has 0 aliphatic rings. The molecule has 1 amide bonds. The number of H-pyrrole nitrogens is 1. The fourth-order valence-electron chi connectivity index (χ4n) is 1.54. The Kier molecular flexibility index (Phi) is 4.92. The maximum atomic E-state index is 11.4. The summed E-state index contributed by atoms with van der Waals surface area (Å²) in [5.41, 5.74) is 4.41. The van der Waals surface area contributed by atoms with Gasteiger partial charge in [0, 0.05) is 17.5 Å². The van der Waals surface area contributed by atoms with E-state index in [1.54, 1.807) is 14.0 Å². The molecule has 100 valence electrons. The van der Waals surface area contributed by atoms with Crippen molar-refractivity contribution in [2.45, 2.75) is 36.2 Å². The third kappa shape index (κ3) is 3.85. The minimum Gasteiger partial charge on any atom is -0.368 e. The van der Waals surface area contributed by atoms with Crippen LogP contribution in [-0.2, 0) is 4.79 Å². The molecule has 0 aliphatic heterocycles. The topological polar surface area (TPSA) is 101 Å². The molecule has 4 N–H and O–H groups in total. The molecular weight excluding hydrogens is 252 g/mol. The van der Waals surface area contributed by atoms with Gasteiger partial charge in [-0.3, -0.25) is 9.59 Å². The zero-order valence-corrected chi connectivity index (χ0v) is 11.5. The number of nitrogens with two attached hydrogens (primary N) is 1. The van der Waals surface area contributed by atoms with Gasteiger partial charge in [-0.15, -0.1) is 0 Å². The summed E-state index contributed by atoms with van der Waals surface area (Å²) >= 11 is 1.40. The van der Waals surface area contributed by atoms with Gasteiger partial charge in [0.05, 0.1) is 5.54 Å². The predicted octanol–water partition coefficient (Wildman–Crippen LogP) is 0.104. The van der Waals surface area contributed by atoms with E-state index < -0.39 is 11.4 Å². The number of nitrogens with one attached hydrogen (secondary N) is 2. The van der Waals surface area contributed by atoms with Crippen LogP contribution in [0.1, 0.15) is 20.3 Å². The second-order valence-corrected chi connectivity index (χ2v) is 5.75. The highest BCUT2D eigenvalue weighted by molar-refractivity contribution is 7.99. The van der Waals surface area contributed by atoms with E-state index in [4.69, 9.17) is 5.73 Å². The number of nitrogens with zero attached hydrogens (tertiary/aromatic N) is 1. The van der Waals surface area contributed by atoms with Crippen molar-refractivity contribution in [3.8, 4) is 0 Å². The van der Waals surface area contributed by atoms with Crippen LogP contribution < -0.4 is 16.6 Å². The van der Waals surface area contributed by atoms with Gasteiger partial charge in [0.15, 0.2) is 5.16 Å². The van der Waals surface area contributed by atoms with E-state index in [0.29, 0.717) is 11.6 Å². The van der Waals surface area contributed by atoms with Gasteiger partial charge >= 0.3 is 0 Å². The summed E-state index contributed by atoms with van der Waals surface area (Å²) in [6, 6.07) is 1.36. The van der Waals surface area contributed by atoms with Gasteiger partial charge in [-0.1, -0.05) is 18.7 Å². The van der Waals surface area contributed by atoms with Crippen molar-refractivity contribution in [3.05, 3.63) is 22.6 Å². The number of likely N-dealkylation sites (N-methyl/N-ethyl adjacent to an activating group) is 1. The molecule has 0 saturated carbocycles. The van der Waals surface area contributed by atoms with Crippen molar-refractivity contribution in [1.82, 2.24) is 15.3 Å². The number of thioether (sulfide) groups is 1. The minimum absolute atomic E-state index is 0.0838. The molecule has 0 fully saturated rings. The van der Waals surface area contributed by atoms with Crippen LogP contribution in [0.25, 0.3) is 0 Å². The molecule has 1 aromatic rings. The fraction of sp³-hybridized carbons (Fsp3) is 0.545. The number of primary amides is 1. The van der Waals surface area contributed by atoms with Crippen molar-refractivity contribution < 1.29 is 4.79 Å². The summed E-state index contributed by atoms with van der Waals surface area (Å²) in [6.45, 7) is 3.71. The second-order valence-electron chi connectivity index (χ2n) is 4.32. The minimum atomic E-state index is -0.762. The first-order valence-corrected chi connectivity index (χ1v) is 6.46. The van der Waals surface area contributed by atoms with Crippen molar-refractivity contribution in [1.29, 1.82) is 0 Å². The Morgan fingerprint density at radius 2 is 2.39 bits per heavy atom. The molecule has 0 bridgehead atoms. The van der Waals surface area contributed by atoms with Crippen LogP contribution in [0.3, 0.4) is 0 Å². The van der Waals surface area contributed by atoms with E-state index in [-0.39, 0.29) is 10.8 Å². The van der Waals surface area contributed by atoms with Crippen molar-refractivity contribution >= 4 is 17.7 Å². The fourth-order valence-corrected chi connectivity index (χ4v) is 2.62. The van der Waals surface area contributed by atoms with E-state index in [1.807, 2.05) is 6.92 Å². The maximum absolute atomic E-state index is 11.4. The number of carbonyl (C=O) groups is 1. The number of carbonyl (C=O) groups excluding carboxylic acids is 1. The van der Waals surface area contributed by atoms with Crippen LogP contribution in [0, 0.1) is 0 Å². The first-order chi connectivity index (χ1) is 8.37. The van der Waals surface area contributed by atoms with E-state index in [0.717, 1.165) is 0 Å². The van der Waals surface area contributed by atoms with Gasteiger partial charge in [-0.05, 0) is 20.4 Å². The van der Waals surface area contributed by atoms with Crippen LogP contribution >= 0.6 is 11.8 Å². The van der Waals surface area contributed by atoms with Gasteiger partial charge in [0.25, 0.3) is 5.56 Å². The number of amides is 1. The lowest BCUT2D eigenvalue weighted by molar-refractivity contribution is -0.123. The molecule has 0 radical (unpaired) electrons. The van der Waals surface area contributed by atoms with Crippen LogP contribution in [0.15, 0.2) is 22.2 Å². The number of aromatic nitrogens is 2. The Balaban J connectivity index is 2.69. The summed E-state index contributed by atoms with van der Waals surface area (Å²) in [4.78, 5) is 29.2. The Morgan fingerprint density at radius 3 is 2.89 bits per heavy atom. The van der Waals surface area contributed by atoms with Crippen LogP contribution in [0.4, 0.5) is 0 Å². The molecule has 0 saturated heterocycles. The molecule has 2 unspecified atom stereocenters. The van der Waals surface area contributed by atoms with Crippen molar-refractivity contribution in [2.75, 3.05) is 7.05 Å². The maximum Gasteiger partial charge on any atom is 0.251 e. The SMILES string of the molecule is CNC(C)(CC(C)Sc1nccc(=O)[nH]1)C(N)=O. The molecule has 0 aromatic carbocycles. The lowest BCUT2D eigenvalue weighted by atomic mass is 9.95. The Labute approximate surface area is 110 Å². The molecular formula is C11H18N4O2S. The summed E-state index contributed by atoms with van der Waals surface area (Å²) in [6.07, 6.45) is 2.00. The molecule has 1 heterocycles. The summed E-state index contributed by atoms with van der Waals surface area (Å²) in [5, 5.41) is 3.55. The number of hydrogen-bond donors (Lipinski definition) is 3. The summed E-state index contributed by atoms with van der Waals surface area (Å²) in [5.74, 6) is -0.396. The predicted molar refractivity (Wildman–Crippen MR) is 71.5 cm³/mol. The van der Waals surface area contributed by atoms with E-state index >= 15 is 0 Å². The van der Waals surface area contributed by atoms with Gasteiger partial charge in [-0.25, -0.2) is 4.98 Å². The average Bonchev–Trinajstić information content (AvgIpc) is 2.28. The lowest BCUT2D eigenvalue weighted by Crippen LogP contribution is -2.52. The highest BCUT2D eigenvalue weighted by Gasteiger charge is 2.31. The zero-order chi connectivity index (χ0) is 13.8. The largest absolute Gasteiger partial charge is 0.368 e. The average molecular weight is 270 g/mol. The molecule has 18 heavy (non-hydrogen) atoms. The number of rotatable bonds is 6. The molecule has 6 nitrogen and oxygen atoms in total. The highest BCUT2D eigenvalue weighted by atomic mass is 32.2. The van der Waals surface area contributed by atoms with E-state index in [2.05, 4.69) is 15.3 Å². The van der Waals surface area contributed by atoms with E-state index in [1.165, 1.54) is 24.0 Å².